The van der Waals surface area contributed by atoms with Gasteiger partial charge in [0.1, 0.15) is 5.82 Å². The Morgan fingerprint density at radius 2 is 2.10 bits per heavy atom. The molecule has 0 spiro atoms. The van der Waals surface area contributed by atoms with Crippen molar-refractivity contribution in [1.82, 2.24) is 4.90 Å². The van der Waals surface area contributed by atoms with Crippen LogP contribution in [0.3, 0.4) is 0 Å². The lowest BCUT2D eigenvalue weighted by atomic mass is 9.79. The molecule has 0 bridgehead atoms. The molecule has 1 aliphatic rings. The van der Waals surface area contributed by atoms with Gasteiger partial charge in [0.2, 0.25) is 0 Å². The fourth-order valence-electron chi connectivity index (χ4n) is 2.94. The van der Waals surface area contributed by atoms with Gasteiger partial charge in [-0.2, -0.15) is 0 Å². The number of likely N-dealkylation sites (tertiary alicyclic amines) is 1. The van der Waals surface area contributed by atoms with Crippen molar-refractivity contribution >= 4 is 12.6 Å². The number of halogens is 1. The lowest BCUT2D eigenvalue weighted by Crippen LogP contribution is -2.33. The topological polar surface area (TPSA) is 43.7 Å². The normalized spacial score (nSPS) is 20.7. The van der Waals surface area contributed by atoms with Gasteiger partial charge in [-0.15, -0.1) is 0 Å². The molecule has 1 unspecified atom stereocenters. The van der Waals surface area contributed by atoms with E-state index in [0.717, 1.165) is 31.1 Å². The van der Waals surface area contributed by atoms with Crippen LogP contribution in [-0.2, 0) is 6.54 Å². The van der Waals surface area contributed by atoms with E-state index >= 15 is 0 Å². The summed E-state index contributed by atoms with van der Waals surface area (Å²) in [5.41, 5.74) is 0.896. The number of rotatable bonds is 4. The Labute approximate surface area is 120 Å². The van der Waals surface area contributed by atoms with E-state index in [-0.39, 0.29) is 5.46 Å². The smallest absolute Gasteiger partial charge is 0.423 e. The van der Waals surface area contributed by atoms with Crippen LogP contribution in [-0.4, -0.2) is 35.2 Å². The highest BCUT2D eigenvalue weighted by Crippen LogP contribution is 2.21. The first kappa shape index (κ1) is 15.5. The van der Waals surface area contributed by atoms with Crippen LogP contribution in [0.4, 0.5) is 4.39 Å². The molecule has 1 aliphatic heterocycles. The highest BCUT2D eigenvalue weighted by atomic mass is 19.1. The van der Waals surface area contributed by atoms with Crippen LogP contribution >= 0.6 is 0 Å². The second-order valence-electron chi connectivity index (χ2n) is 5.71. The average molecular weight is 279 g/mol. The predicted molar refractivity (Wildman–Crippen MR) is 79.1 cm³/mol. The fraction of sp³-hybridized carbons (Fsp3) is 0.600. The van der Waals surface area contributed by atoms with Crippen LogP contribution in [0.1, 0.15) is 38.2 Å². The van der Waals surface area contributed by atoms with Crippen molar-refractivity contribution in [2.75, 3.05) is 13.1 Å². The zero-order valence-electron chi connectivity index (χ0n) is 12.1. The first-order chi connectivity index (χ1) is 9.60. The SMILES string of the molecule is CCC1CCCN(Cc2ccc(F)c(B(O)O)c2)CC1. The standard InChI is InChI=1S/C15H23BFNO2/c1-2-12-4-3-8-18(9-7-12)11-13-5-6-15(17)14(10-13)16(19)20/h5-6,10,12,19-20H,2-4,7-9,11H2,1H3. The molecular weight excluding hydrogens is 256 g/mol. The third-order valence-corrected chi connectivity index (χ3v) is 4.26. The first-order valence-corrected chi connectivity index (χ1v) is 7.47. The van der Waals surface area contributed by atoms with E-state index in [0.29, 0.717) is 0 Å². The Balaban J connectivity index is 2.01. The molecule has 110 valence electrons. The second kappa shape index (κ2) is 7.20. The fourth-order valence-corrected chi connectivity index (χ4v) is 2.94. The van der Waals surface area contributed by atoms with Crippen LogP contribution in [0, 0.1) is 11.7 Å². The summed E-state index contributed by atoms with van der Waals surface area (Å²) in [6.45, 7) is 5.11. The van der Waals surface area contributed by atoms with Crippen LogP contribution < -0.4 is 5.46 Å². The van der Waals surface area contributed by atoms with Gasteiger partial charge in [-0.25, -0.2) is 4.39 Å². The van der Waals surface area contributed by atoms with Crippen LogP contribution in [0.15, 0.2) is 18.2 Å². The van der Waals surface area contributed by atoms with Gasteiger partial charge in [0, 0.05) is 12.0 Å². The third kappa shape index (κ3) is 4.04. The van der Waals surface area contributed by atoms with E-state index in [1.165, 1.54) is 31.7 Å². The number of nitrogens with zero attached hydrogens (tertiary/aromatic N) is 1. The zero-order chi connectivity index (χ0) is 14.5. The van der Waals surface area contributed by atoms with Gasteiger partial charge in [0.05, 0.1) is 0 Å². The Morgan fingerprint density at radius 3 is 2.80 bits per heavy atom. The minimum atomic E-state index is -1.75. The molecule has 1 aromatic carbocycles. The van der Waals surface area contributed by atoms with E-state index in [1.54, 1.807) is 12.1 Å². The Kier molecular flexibility index (Phi) is 5.58. The van der Waals surface area contributed by atoms with Crippen molar-refractivity contribution in [3.8, 4) is 0 Å². The Bertz CT molecular complexity index is 442. The minimum Gasteiger partial charge on any atom is -0.423 e. The average Bonchev–Trinajstić information content (AvgIpc) is 2.66. The van der Waals surface area contributed by atoms with E-state index in [1.807, 2.05) is 0 Å². The predicted octanol–water partition coefficient (Wildman–Crippen LogP) is 1.52. The summed E-state index contributed by atoms with van der Waals surface area (Å²) in [7, 11) is -1.75. The van der Waals surface area contributed by atoms with E-state index in [4.69, 9.17) is 10.0 Å². The Morgan fingerprint density at radius 1 is 1.30 bits per heavy atom. The quantitative estimate of drug-likeness (QED) is 0.821. The van der Waals surface area contributed by atoms with E-state index < -0.39 is 12.9 Å². The van der Waals surface area contributed by atoms with Gasteiger partial charge in [0.25, 0.3) is 0 Å². The summed E-state index contributed by atoms with van der Waals surface area (Å²) in [5.74, 6) is 0.258. The highest BCUT2D eigenvalue weighted by Gasteiger charge is 2.19. The lowest BCUT2D eigenvalue weighted by molar-refractivity contribution is 0.272. The maximum absolute atomic E-state index is 13.4. The molecule has 0 amide bonds. The summed E-state index contributed by atoms with van der Waals surface area (Å²) in [5, 5.41) is 18.3. The molecule has 20 heavy (non-hydrogen) atoms. The van der Waals surface area contributed by atoms with Gasteiger partial charge in [0.15, 0.2) is 0 Å². The highest BCUT2D eigenvalue weighted by molar-refractivity contribution is 6.58. The number of hydrogen-bond donors (Lipinski definition) is 2. The molecular formula is C15H23BFNO2. The van der Waals surface area contributed by atoms with Crippen LogP contribution in [0.25, 0.3) is 0 Å². The van der Waals surface area contributed by atoms with Crippen molar-refractivity contribution in [2.24, 2.45) is 5.92 Å². The number of hydrogen-bond acceptors (Lipinski definition) is 3. The van der Waals surface area contributed by atoms with Crippen molar-refractivity contribution in [3.05, 3.63) is 29.6 Å². The van der Waals surface area contributed by atoms with Gasteiger partial charge < -0.3 is 10.0 Å². The lowest BCUT2D eigenvalue weighted by Gasteiger charge is -2.20. The molecule has 1 heterocycles. The monoisotopic (exact) mass is 279 g/mol. The van der Waals surface area contributed by atoms with Gasteiger partial charge in [-0.1, -0.05) is 25.5 Å². The zero-order valence-corrected chi connectivity index (χ0v) is 12.1. The van der Waals surface area contributed by atoms with Crippen LogP contribution in [0.5, 0.6) is 0 Å². The minimum absolute atomic E-state index is 0.0382. The van der Waals surface area contributed by atoms with Crippen molar-refractivity contribution < 1.29 is 14.4 Å². The molecule has 0 aromatic heterocycles. The summed E-state index contributed by atoms with van der Waals surface area (Å²) >= 11 is 0. The Hall–Kier alpha value is -0.905. The largest absolute Gasteiger partial charge is 0.491 e. The van der Waals surface area contributed by atoms with Gasteiger partial charge in [-0.05, 0) is 49.9 Å². The number of benzene rings is 1. The van der Waals surface area contributed by atoms with Crippen molar-refractivity contribution in [1.29, 1.82) is 0 Å². The molecule has 1 saturated heterocycles. The summed E-state index contributed by atoms with van der Waals surface area (Å²) in [4.78, 5) is 2.37. The summed E-state index contributed by atoms with van der Waals surface area (Å²) < 4.78 is 13.4. The summed E-state index contributed by atoms with van der Waals surface area (Å²) in [6, 6.07) is 4.60. The molecule has 0 saturated carbocycles. The molecule has 1 fully saturated rings. The third-order valence-electron chi connectivity index (χ3n) is 4.26. The molecule has 1 atom stereocenters. The second-order valence-corrected chi connectivity index (χ2v) is 5.71. The molecule has 2 N–H and O–H groups in total. The van der Waals surface area contributed by atoms with E-state index in [2.05, 4.69) is 11.8 Å². The molecule has 0 aliphatic carbocycles. The molecule has 5 heteroatoms. The molecule has 3 nitrogen and oxygen atoms in total. The maximum atomic E-state index is 13.4. The van der Waals surface area contributed by atoms with Crippen LogP contribution in [0.2, 0.25) is 0 Å². The first-order valence-electron chi connectivity index (χ1n) is 7.47. The molecule has 2 rings (SSSR count). The van der Waals surface area contributed by atoms with E-state index in [9.17, 15) is 4.39 Å². The van der Waals surface area contributed by atoms with Crippen molar-refractivity contribution in [3.63, 3.8) is 0 Å². The summed E-state index contributed by atoms with van der Waals surface area (Å²) in [6.07, 6.45) is 4.95. The van der Waals surface area contributed by atoms with Crippen molar-refractivity contribution in [2.45, 2.75) is 39.2 Å². The van der Waals surface area contributed by atoms with Gasteiger partial charge in [-0.3, -0.25) is 4.90 Å². The van der Waals surface area contributed by atoms with Gasteiger partial charge >= 0.3 is 7.12 Å². The molecule has 0 radical (unpaired) electrons. The molecule has 1 aromatic rings. The maximum Gasteiger partial charge on any atom is 0.491 e.